The van der Waals surface area contributed by atoms with Crippen molar-refractivity contribution in [3.05, 3.63) is 0 Å². The Hall–Kier alpha value is -0.180. The van der Waals surface area contributed by atoms with Crippen molar-refractivity contribution in [3.8, 4) is 0 Å². The highest BCUT2D eigenvalue weighted by molar-refractivity contribution is 4.75. The Morgan fingerprint density at radius 1 is 1.30 bits per heavy atom. The molecule has 0 amide bonds. The lowest BCUT2D eigenvalue weighted by Crippen LogP contribution is -2.35. The van der Waals surface area contributed by atoms with Gasteiger partial charge in [-0.25, -0.2) is 8.78 Å². The Morgan fingerprint density at radius 2 is 1.70 bits per heavy atom. The van der Waals surface area contributed by atoms with E-state index in [0.717, 1.165) is 0 Å². The lowest BCUT2D eigenvalue weighted by molar-refractivity contribution is -0.0515. The molecule has 0 saturated carbocycles. The van der Waals surface area contributed by atoms with Crippen LogP contribution in [0.4, 0.5) is 8.78 Å². The zero-order valence-corrected chi connectivity index (χ0v) is 6.53. The van der Waals surface area contributed by atoms with Gasteiger partial charge in [0, 0.05) is 5.92 Å². The molecule has 0 radical (unpaired) electrons. The predicted molar refractivity (Wildman–Crippen MR) is 38.1 cm³/mol. The lowest BCUT2D eigenvalue weighted by Gasteiger charge is -2.22. The normalized spacial score (nSPS) is 12.6. The van der Waals surface area contributed by atoms with Crippen LogP contribution in [0.5, 0.6) is 0 Å². The second-order valence-corrected chi connectivity index (χ2v) is 2.48. The van der Waals surface area contributed by atoms with Gasteiger partial charge < -0.3 is 5.73 Å². The molecule has 0 aliphatic heterocycles. The Labute approximate surface area is 60.6 Å². The first-order chi connectivity index (χ1) is 4.58. The van der Waals surface area contributed by atoms with Crippen LogP contribution in [0.15, 0.2) is 0 Å². The summed E-state index contributed by atoms with van der Waals surface area (Å²) in [4.78, 5) is 0. The molecule has 0 aliphatic carbocycles. The average molecular weight is 151 g/mol. The highest BCUT2D eigenvalue weighted by atomic mass is 19.3. The van der Waals surface area contributed by atoms with Gasteiger partial charge in [-0.05, 0) is 12.8 Å². The van der Waals surface area contributed by atoms with Gasteiger partial charge in [0.15, 0.2) is 0 Å². The molecule has 0 spiro atoms. The van der Waals surface area contributed by atoms with E-state index in [4.69, 9.17) is 5.73 Å². The topological polar surface area (TPSA) is 26.0 Å². The molecule has 0 bridgehead atoms. The summed E-state index contributed by atoms with van der Waals surface area (Å²) in [6, 6.07) is 0. The summed E-state index contributed by atoms with van der Waals surface area (Å²) in [5.74, 6) is -3.21. The Bertz CT molecular complexity index is 89.6. The molecule has 0 rings (SSSR count). The molecule has 0 atom stereocenters. The van der Waals surface area contributed by atoms with E-state index in [1.165, 1.54) is 0 Å². The van der Waals surface area contributed by atoms with Crippen LogP contribution < -0.4 is 5.73 Å². The maximum absolute atomic E-state index is 12.7. The number of hydrogen-bond acceptors (Lipinski definition) is 1. The van der Waals surface area contributed by atoms with Crippen LogP contribution in [0.3, 0.4) is 0 Å². The van der Waals surface area contributed by atoms with Crippen molar-refractivity contribution in [1.29, 1.82) is 0 Å². The van der Waals surface area contributed by atoms with E-state index in [-0.39, 0.29) is 0 Å². The molecule has 3 heteroatoms. The van der Waals surface area contributed by atoms with Crippen LogP contribution >= 0.6 is 0 Å². The molecule has 0 aromatic heterocycles. The van der Waals surface area contributed by atoms with Crippen molar-refractivity contribution < 1.29 is 8.78 Å². The van der Waals surface area contributed by atoms with E-state index in [9.17, 15) is 8.78 Å². The largest absolute Gasteiger partial charge is 0.325 e. The first-order valence-corrected chi connectivity index (χ1v) is 3.66. The summed E-state index contributed by atoms with van der Waals surface area (Å²) in [5, 5.41) is 0. The van der Waals surface area contributed by atoms with Crippen molar-refractivity contribution in [2.24, 2.45) is 11.7 Å². The molecule has 0 aromatic rings. The first-order valence-electron chi connectivity index (χ1n) is 3.66. The minimum Gasteiger partial charge on any atom is -0.325 e. The smallest absolute Gasteiger partial charge is 0.262 e. The van der Waals surface area contributed by atoms with Gasteiger partial charge in [0.1, 0.15) is 0 Å². The van der Waals surface area contributed by atoms with E-state index in [1.54, 1.807) is 13.8 Å². The second kappa shape index (κ2) is 3.86. The van der Waals surface area contributed by atoms with Crippen LogP contribution in [-0.2, 0) is 0 Å². The van der Waals surface area contributed by atoms with Crippen LogP contribution in [0.1, 0.15) is 26.7 Å². The van der Waals surface area contributed by atoms with E-state index in [1.807, 2.05) is 0 Å². The predicted octanol–water partition coefficient (Wildman–Crippen LogP) is 2.02. The average Bonchev–Trinajstić information content (AvgIpc) is 1.90. The Kier molecular flexibility index (Phi) is 3.79. The summed E-state index contributed by atoms with van der Waals surface area (Å²) in [7, 11) is 0. The van der Waals surface area contributed by atoms with E-state index in [0.29, 0.717) is 12.8 Å². The van der Waals surface area contributed by atoms with Gasteiger partial charge in [0.2, 0.25) is 0 Å². The summed E-state index contributed by atoms with van der Waals surface area (Å²) < 4.78 is 25.4. The molecule has 0 fully saturated rings. The fraction of sp³-hybridized carbons (Fsp3) is 1.00. The number of nitrogens with two attached hydrogens (primary N) is 1. The molecule has 0 aliphatic rings. The minimum absolute atomic E-state index is 0.501. The molecule has 0 unspecified atom stereocenters. The zero-order valence-electron chi connectivity index (χ0n) is 6.53. The number of hydrogen-bond donors (Lipinski definition) is 1. The van der Waals surface area contributed by atoms with Gasteiger partial charge in [-0.15, -0.1) is 0 Å². The van der Waals surface area contributed by atoms with E-state index in [2.05, 4.69) is 0 Å². The van der Waals surface area contributed by atoms with Gasteiger partial charge in [-0.3, -0.25) is 0 Å². The van der Waals surface area contributed by atoms with E-state index >= 15 is 0 Å². The molecular weight excluding hydrogens is 136 g/mol. The van der Waals surface area contributed by atoms with Gasteiger partial charge >= 0.3 is 0 Å². The van der Waals surface area contributed by atoms with Gasteiger partial charge in [-0.1, -0.05) is 13.8 Å². The molecule has 0 heterocycles. The van der Waals surface area contributed by atoms with Crippen LogP contribution in [-0.4, -0.2) is 12.5 Å². The molecule has 62 valence electrons. The molecule has 0 saturated heterocycles. The molecule has 10 heavy (non-hydrogen) atoms. The number of alkyl halides is 2. The molecule has 0 aromatic carbocycles. The zero-order chi connectivity index (χ0) is 8.20. The fourth-order valence-corrected chi connectivity index (χ4v) is 1.05. The summed E-state index contributed by atoms with van der Waals surface area (Å²) >= 11 is 0. The maximum Gasteiger partial charge on any atom is 0.262 e. The fourth-order valence-electron chi connectivity index (χ4n) is 1.05. The first kappa shape index (κ1) is 9.82. The SMILES string of the molecule is CCC(CC)C(F)(F)CN. The Morgan fingerprint density at radius 3 is 1.80 bits per heavy atom. The van der Waals surface area contributed by atoms with Gasteiger partial charge in [0.25, 0.3) is 5.92 Å². The van der Waals surface area contributed by atoms with Crippen molar-refractivity contribution in [1.82, 2.24) is 0 Å². The lowest BCUT2D eigenvalue weighted by atomic mass is 9.96. The quantitative estimate of drug-likeness (QED) is 0.653. The monoisotopic (exact) mass is 151 g/mol. The highest BCUT2D eigenvalue weighted by Crippen LogP contribution is 2.28. The number of rotatable bonds is 4. The van der Waals surface area contributed by atoms with Crippen molar-refractivity contribution in [2.45, 2.75) is 32.6 Å². The molecule has 2 N–H and O–H groups in total. The van der Waals surface area contributed by atoms with Crippen LogP contribution in [0.25, 0.3) is 0 Å². The van der Waals surface area contributed by atoms with Crippen molar-refractivity contribution in [3.63, 3.8) is 0 Å². The summed E-state index contributed by atoms with van der Waals surface area (Å²) in [6.07, 6.45) is 1.00. The molecular formula is C7H15F2N. The van der Waals surface area contributed by atoms with Crippen LogP contribution in [0.2, 0.25) is 0 Å². The van der Waals surface area contributed by atoms with Crippen molar-refractivity contribution >= 4 is 0 Å². The number of halogens is 2. The van der Waals surface area contributed by atoms with Crippen molar-refractivity contribution in [2.75, 3.05) is 6.54 Å². The third kappa shape index (κ3) is 2.21. The van der Waals surface area contributed by atoms with Gasteiger partial charge in [0.05, 0.1) is 6.54 Å². The van der Waals surface area contributed by atoms with E-state index < -0.39 is 18.4 Å². The third-order valence-electron chi connectivity index (χ3n) is 1.86. The maximum atomic E-state index is 12.7. The summed E-state index contributed by atoms with van der Waals surface area (Å²) in [6.45, 7) is 2.99. The standard InChI is InChI=1S/C7H15F2N/c1-3-6(4-2)7(8,9)5-10/h6H,3-5,10H2,1-2H3. The van der Waals surface area contributed by atoms with Gasteiger partial charge in [-0.2, -0.15) is 0 Å². The summed E-state index contributed by atoms with van der Waals surface area (Å²) in [5.41, 5.74) is 4.91. The Balaban J connectivity index is 3.97. The second-order valence-electron chi connectivity index (χ2n) is 2.48. The van der Waals surface area contributed by atoms with Crippen LogP contribution in [0, 0.1) is 5.92 Å². The molecule has 1 nitrogen and oxygen atoms in total. The third-order valence-corrected chi connectivity index (χ3v) is 1.86. The minimum atomic E-state index is -2.66. The highest BCUT2D eigenvalue weighted by Gasteiger charge is 2.34.